The lowest BCUT2D eigenvalue weighted by atomic mass is 10.4. The number of carbonyl (C=O) groups is 1. The summed E-state index contributed by atoms with van der Waals surface area (Å²) in [4.78, 5) is 20.4. The highest BCUT2D eigenvalue weighted by Crippen LogP contribution is 2.36. The van der Waals surface area contributed by atoms with E-state index in [2.05, 4.69) is 9.97 Å². The molecule has 1 aromatic heterocycles. The van der Waals surface area contributed by atoms with E-state index in [0.29, 0.717) is 5.69 Å². The fraction of sp³-hybridized carbons (Fsp3) is 0.444. The van der Waals surface area contributed by atoms with Gasteiger partial charge in [-0.2, -0.15) is 4.98 Å². The summed E-state index contributed by atoms with van der Waals surface area (Å²) in [6, 6.07) is 1.40. The third kappa shape index (κ3) is 4.31. The van der Waals surface area contributed by atoms with Gasteiger partial charge in [-0.15, -0.1) is 11.6 Å². The molecule has 0 aliphatic heterocycles. The van der Waals surface area contributed by atoms with E-state index < -0.39 is 9.89 Å². The summed E-state index contributed by atoms with van der Waals surface area (Å²) in [6.45, 7) is 0. The normalized spacial score (nSPS) is 11.2. The molecule has 0 aliphatic carbocycles. The Hall–Kier alpha value is -0.490. The maximum Gasteiger partial charge on any atom is 0.416 e. The van der Waals surface area contributed by atoms with Crippen LogP contribution in [0.1, 0.15) is 11.5 Å². The number of halogens is 4. The molecular formula is C9H9Cl4N3O2. The number of rotatable bonds is 2. The average Bonchev–Trinajstić information content (AvgIpc) is 2.27. The molecule has 18 heavy (non-hydrogen) atoms. The van der Waals surface area contributed by atoms with E-state index in [9.17, 15) is 4.79 Å². The highest BCUT2D eigenvalue weighted by Gasteiger charge is 2.28. The summed E-state index contributed by atoms with van der Waals surface area (Å²) in [5.74, 6) is -0.0594. The Balaban J connectivity index is 3.09. The van der Waals surface area contributed by atoms with Crippen LogP contribution in [-0.2, 0) is 9.67 Å². The van der Waals surface area contributed by atoms with E-state index in [1.165, 1.54) is 25.1 Å². The number of ether oxygens (including phenoxy) is 1. The first-order valence-electron chi connectivity index (χ1n) is 4.64. The van der Waals surface area contributed by atoms with Crippen LogP contribution in [0.3, 0.4) is 0 Å². The Bertz CT molecular complexity index is 448. The van der Waals surface area contributed by atoms with Gasteiger partial charge >= 0.3 is 6.09 Å². The first-order valence-corrected chi connectivity index (χ1v) is 6.31. The Morgan fingerprint density at radius 2 is 2.00 bits per heavy atom. The Morgan fingerprint density at radius 3 is 2.44 bits per heavy atom. The van der Waals surface area contributed by atoms with Gasteiger partial charge in [0.15, 0.2) is 5.82 Å². The first kappa shape index (κ1) is 15.6. The van der Waals surface area contributed by atoms with Crippen LogP contribution in [0.25, 0.3) is 0 Å². The molecule has 0 saturated heterocycles. The van der Waals surface area contributed by atoms with Crippen molar-refractivity contribution in [2.24, 2.45) is 0 Å². The van der Waals surface area contributed by atoms with Gasteiger partial charge in [-0.3, -0.25) is 0 Å². The third-order valence-electron chi connectivity index (χ3n) is 1.70. The SMILES string of the molecule is CN(C)C(=O)Oc1cc(CCl)nc(C(Cl)(Cl)Cl)n1. The van der Waals surface area contributed by atoms with E-state index in [1.54, 1.807) is 0 Å². The highest BCUT2D eigenvalue weighted by molar-refractivity contribution is 6.66. The molecule has 1 amide bonds. The lowest BCUT2D eigenvalue weighted by Gasteiger charge is -2.14. The number of carbonyl (C=O) groups excluding carboxylic acids is 1. The van der Waals surface area contributed by atoms with Crippen LogP contribution in [0.15, 0.2) is 6.07 Å². The Morgan fingerprint density at radius 1 is 1.39 bits per heavy atom. The van der Waals surface area contributed by atoms with Crippen molar-refractivity contribution >= 4 is 52.5 Å². The molecule has 100 valence electrons. The number of hydrogen-bond donors (Lipinski definition) is 0. The van der Waals surface area contributed by atoms with Gasteiger partial charge in [0.1, 0.15) is 0 Å². The molecular weight excluding hydrogens is 324 g/mol. The van der Waals surface area contributed by atoms with Gasteiger partial charge < -0.3 is 9.64 Å². The van der Waals surface area contributed by atoms with Crippen molar-refractivity contribution in [1.82, 2.24) is 14.9 Å². The van der Waals surface area contributed by atoms with Gasteiger partial charge in [0.2, 0.25) is 9.67 Å². The van der Waals surface area contributed by atoms with Gasteiger partial charge in [0, 0.05) is 20.2 Å². The van der Waals surface area contributed by atoms with E-state index in [0.717, 1.165) is 0 Å². The number of aromatic nitrogens is 2. The quantitative estimate of drug-likeness (QED) is 0.781. The molecule has 0 fully saturated rings. The molecule has 0 aliphatic rings. The standard InChI is InChI=1S/C9H9Cl4N3O2/c1-16(2)8(17)18-6-3-5(4-10)14-7(15-6)9(11,12)13/h3H,4H2,1-2H3. The predicted octanol–water partition coefficient (Wildman–Crippen LogP) is 3.10. The van der Waals surface area contributed by atoms with Gasteiger partial charge in [-0.1, -0.05) is 34.8 Å². The van der Waals surface area contributed by atoms with E-state index in [4.69, 9.17) is 51.1 Å². The fourth-order valence-corrected chi connectivity index (χ4v) is 1.29. The lowest BCUT2D eigenvalue weighted by Crippen LogP contribution is -2.26. The topological polar surface area (TPSA) is 55.3 Å². The van der Waals surface area contributed by atoms with Crippen LogP contribution < -0.4 is 4.74 Å². The maximum atomic E-state index is 11.4. The summed E-state index contributed by atoms with van der Waals surface area (Å²) < 4.78 is 3.14. The molecule has 0 bridgehead atoms. The zero-order chi connectivity index (χ0) is 13.9. The van der Waals surface area contributed by atoms with Crippen molar-refractivity contribution in [3.8, 4) is 5.88 Å². The number of nitrogens with zero attached hydrogens (tertiary/aromatic N) is 3. The van der Waals surface area contributed by atoms with Crippen molar-refractivity contribution in [1.29, 1.82) is 0 Å². The van der Waals surface area contributed by atoms with Gasteiger partial charge in [0.25, 0.3) is 0 Å². The van der Waals surface area contributed by atoms with Crippen molar-refractivity contribution in [2.75, 3.05) is 14.1 Å². The van der Waals surface area contributed by atoms with Crippen molar-refractivity contribution < 1.29 is 9.53 Å². The van der Waals surface area contributed by atoms with Gasteiger partial charge in [0.05, 0.1) is 11.6 Å². The summed E-state index contributed by atoms with van der Waals surface area (Å²) in [5.41, 5.74) is 0.384. The van der Waals surface area contributed by atoms with Crippen LogP contribution >= 0.6 is 46.4 Å². The van der Waals surface area contributed by atoms with Crippen LogP contribution in [-0.4, -0.2) is 35.1 Å². The summed E-state index contributed by atoms with van der Waals surface area (Å²) in [5, 5.41) is 0. The Kier molecular flexibility index (Phi) is 5.28. The molecule has 0 aromatic carbocycles. The molecule has 9 heteroatoms. The molecule has 1 aromatic rings. The smallest absolute Gasteiger partial charge is 0.391 e. The first-order chi connectivity index (χ1) is 8.24. The number of alkyl halides is 4. The van der Waals surface area contributed by atoms with Gasteiger partial charge in [-0.05, 0) is 0 Å². The minimum Gasteiger partial charge on any atom is -0.391 e. The largest absolute Gasteiger partial charge is 0.416 e. The minimum absolute atomic E-state index is 0.0272. The molecule has 0 unspecified atom stereocenters. The van der Waals surface area contributed by atoms with E-state index >= 15 is 0 Å². The molecule has 1 rings (SSSR count). The monoisotopic (exact) mass is 331 g/mol. The molecule has 1 heterocycles. The van der Waals surface area contributed by atoms with Crippen LogP contribution in [0.4, 0.5) is 4.79 Å². The molecule has 0 atom stereocenters. The van der Waals surface area contributed by atoms with Crippen molar-refractivity contribution in [2.45, 2.75) is 9.67 Å². The van der Waals surface area contributed by atoms with Crippen molar-refractivity contribution in [3.05, 3.63) is 17.6 Å². The molecule has 0 spiro atoms. The van der Waals surface area contributed by atoms with Crippen LogP contribution in [0.5, 0.6) is 5.88 Å². The summed E-state index contributed by atoms with van der Waals surface area (Å²) in [7, 11) is 3.06. The molecule has 0 radical (unpaired) electrons. The van der Waals surface area contributed by atoms with E-state index in [-0.39, 0.29) is 17.6 Å². The maximum absolute atomic E-state index is 11.4. The second kappa shape index (κ2) is 6.10. The lowest BCUT2D eigenvalue weighted by molar-refractivity contribution is 0.169. The predicted molar refractivity (Wildman–Crippen MR) is 70.5 cm³/mol. The van der Waals surface area contributed by atoms with Gasteiger partial charge in [-0.25, -0.2) is 9.78 Å². The summed E-state index contributed by atoms with van der Waals surface area (Å²) in [6.07, 6.45) is -0.607. The van der Waals surface area contributed by atoms with Crippen molar-refractivity contribution in [3.63, 3.8) is 0 Å². The second-order valence-corrected chi connectivity index (χ2v) is 5.96. The number of hydrogen-bond acceptors (Lipinski definition) is 4. The number of amides is 1. The zero-order valence-corrected chi connectivity index (χ0v) is 12.5. The molecule has 0 N–H and O–H groups in total. The average molecular weight is 333 g/mol. The molecule has 5 nitrogen and oxygen atoms in total. The highest BCUT2D eigenvalue weighted by atomic mass is 35.6. The third-order valence-corrected chi connectivity index (χ3v) is 2.48. The Labute approximate surface area is 124 Å². The minimum atomic E-state index is -1.82. The summed E-state index contributed by atoms with van der Waals surface area (Å²) >= 11 is 22.7. The fourth-order valence-electron chi connectivity index (χ4n) is 0.901. The molecule has 0 saturated carbocycles. The van der Waals surface area contributed by atoms with Crippen LogP contribution in [0.2, 0.25) is 0 Å². The zero-order valence-electron chi connectivity index (χ0n) is 9.45. The van der Waals surface area contributed by atoms with E-state index in [1.807, 2.05) is 0 Å². The second-order valence-electron chi connectivity index (χ2n) is 3.41. The van der Waals surface area contributed by atoms with Crippen LogP contribution in [0, 0.1) is 0 Å².